The zero-order valence-electron chi connectivity index (χ0n) is 9.16. The van der Waals surface area contributed by atoms with Crippen molar-refractivity contribution in [3.05, 3.63) is 35.4 Å². The largest absolute Gasteiger partial charge is 0.465 e. The molecule has 0 aliphatic heterocycles. The molecule has 1 rings (SSSR count). The molecule has 0 aliphatic carbocycles. The molecule has 0 saturated heterocycles. The van der Waals surface area contributed by atoms with Crippen LogP contribution in [0.25, 0.3) is 0 Å². The van der Waals surface area contributed by atoms with Crippen molar-refractivity contribution in [2.75, 3.05) is 7.11 Å². The summed E-state index contributed by atoms with van der Waals surface area (Å²) in [7, 11) is 1.34. The number of carbonyl (C=O) groups is 1. The molecule has 0 heterocycles. The van der Waals surface area contributed by atoms with Gasteiger partial charge in [0, 0.05) is 0 Å². The van der Waals surface area contributed by atoms with Crippen LogP contribution in [0, 0.1) is 11.3 Å². The summed E-state index contributed by atoms with van der Waals surface area (Å²) in [5.74, 6) is -0.375. The van der Waals surface area contributed by atoms with Gasteiger partial charge in [-0.15, -0.1) is 0 Å². The first-order chi connectivity index (χ1) is 7.57. The number of nitriles is 1. The van der Waals surface area contributed by atoms with Crippen LogP contribution in [0.1, 0.15) is 29.3 Å². The van der Waals surface area contributed by atoms with E-state index in [1.165, 1.54) is 7.11 Å². The number of hydrogen-bond acceptors (Lipinski definition) is 3. The molecule has 4 heteroatoms. The monoisotopic (exact) mass is 281 g/mol. The second-order valence-electron chi connectivity index (χ2n) is 3.34. The number of benzene rings is 1. The molecule has 0 radical (unpaired) electrons. The lowest BCUT2D eigenvalue weighted by atomic mass is 9.97. The van der Waals surface area contributed by atoms with Crippen LogP contribution in [0.4, 0.5) is 0 Å². The lowest BCUT2D eigenvalue weighted by molar-refractivity contribution is 0.0600. The van der Waals surface area contributed by atoms with Crippen molar-refractivity contribution < 1.29 is 9.53 Å². The van der Waals surface area contributed by atoms with E-state index in [0.717, 1.165) is 5.56 Å². The fourth-order valence-electron chi connectivity index (χ4n) is 1.34. The van der Waals surface area contributed by atoms with E-state index in [1.807, 2.05) is 6.92 Å². The summed E-state index contributed by atoms with van der Waals surface area (Å²) in [6, 6.07) is 9.04. The number of ether oxygens (including phenoxy) is 1. The standard InChI is InChI=1S/C12H12BrNO2/c1-3-12(13,8-14)10-6-4-9(5-7-10)11(15)16-2/h4-7H,3H2,1-2H3. The SMILES string of the molecule is CCC(Br)(C#N)c1ccc(C(=O)OC)cc1. The minimum absolute atomic E-state index is 0.375. The van der Waals surface area contributed by atoms with Gasteiger partial charge in [0.2, 0.25) is 0 Å². The van der Waals surface area contributed by atoms with Gasteiger partial charge in [0.05, 0.1) is 18.7 Å². The highest BCUT2D eigenvalue weighted by molar-refractivity contribution is 9.09. The molecule has 3 nitrogen and oxygen atoms in total. The lowest BCUT2D eigenvalue weighted by Crippen LogP contribution is -2.14. The molecule has 0 aliphatic rings. The van der Waals surface area contributed by atoms with Gasteiger partial charge >= 0.3 is 5.97 Å². The summed E-state index contributed by atoms with van der Waals surface area (Å²) in [6.07, 6.45) is 0.654. The average Bonchev–Trinajstić information content (AvgIpc) is 2.37. The van der Waals surface area contributed by atoms with Gasteiger partial charge in [0.15, 0.2) is 0 Å². The number of alkyl halides is 1. The fourth-order valence-corrected chi connectivity index (χ4v) is 1.60. The first kappa shape index (κ1) is 12.7. The van der Waals surface area contributed by atoms with Crippen molar-refractivity contribution in [1.29, 1.82) is 5.26 Å². The summed E-state index contributed by atoms with van der Waals surface area (Å²) < 4.78 is 3.92. The predicted octanol–water partition coefficient (Wildman–Crippen LogP) is 3.00. The van der Waals surface area contributed by atoms with E-state index in [2.05, 4.69) is 26.7 Å². The molecule has 1 aromatic rings. The van der Waals surface area contributed by atoms with E-state index < -0.39 is 4.32 Å². The third-order valence-corrected chi connectivity index (χ3v) is 3.62. The van der Waals surface area contributed by atoms with E-state index in [-0.39, 0.29) is 5.97 Å². The number of methoxy groups -OCH3 is 1. The van der Waals surface area contributed by atoms with Gasteiger partial charge in [-0.1, -0.05) is 35.0 Å². The average molecular weight is 282 g/mol. The van der Waals surface area contributed by atoms with Crippen LogP contribution in [0.3, 0.4) is 0 Å². The smallest absolute Gasteiger partial charge is 0.337 e. The summed E-state index contributed by atoms with van der Waals surface area (Å²) in [6.45, 7) is 1.92. The summed E-state index contributed by atoms with van der Waals surface area (Å²) in [4.78, 5) is 11.2. The zero-order valence-corrected chi connectivity index (χ0v) is 10.7. The molecule has 0 bridgehead atoms. The van der Waals surface area contributed by atoms with Crippen molar-refractivity contribution in [1.82, 2.24) is 0 Å². The van der Waals surface area contributed by atoms with Crippen molar-refractivity contribution in [3.8, 4) is 6.07 Å². The molecular weight excluding hydrogens is 270 g/mol. The van der Waals surface area contributed by atoms with Gasteiger partial charge in [0.25, 0.3) is 0 Å². The number of esters is 1. The summed E-state index contributed by atoms with van der Waals surface area (Å²) in [5, 5.41) is 9.07. The third-order valence-electron chi connectivity index (χ3n) is 2.43. The highest BCUT2D eigenvalue weighted by Crippen LogP contribution is 2.34. The van der Waals surface area contributed by atoms with E-state index in [9.17, 15) is 4.79 Å². The molecule has 1 atom stereocenters. The lowest BCUT2D eigenvalue weighted by Gasteiger charge is -2.17. The highest BCUT2D eigenvalue weighted by Gasteiger charge is 2.26. The van der Waals surface area contributed by atoms with Crippen molar-refractivity contribution in [3.63, 3.8) is 0 Å². The number of halogens is 1. The highest BCUT2D eigenvalue weighted by atomic mass is 79.9. The molecular formula is C12H12BrNO2. The topological polar surface area (TPSA) is 50.1 Å². The van der Waals surface area contributed by atoms with Gasteiger partial charge < -0.3 is 4.74 Å². The molecule has 0 spiro atoms. The van der Waals surface area contributed by atoms with E-state index >= 15 is 0 Å². The van der Waals surface area contributed by atoms with Crippen LogP contribution >= 0.6 is 15.9 Å². The number of rotatable bonds is 3. The second kappa shape index (κ2) is 5.13. The number of carbonyl (C=O) groups excluding carboxylic acids is 1. The second-order valence-corrected chi connectivity index (χ2v) is 4.69. The Morgan fingerprint density at radius 2 is 2.06 bits per heavy atom. The Hall–Kier alpha value is -1.34. The van der Waals surface area contributed by atoms with Gasteiger partial charge in [0.1, 0.15) is 4.32 Å². The minimum Gasteiger partial charge on any atom is -0.465 e. The first-order valence-electron chi connectivity index (χ1n) is 4.86. The summed E-state index contributed by atoms with van der Waals surface area (Å²) >= 11 is 3.39. The van der Waals surface area contributed by atoms with Gasteiger partial charge in [-0.25, -0.2) is 4.79 Å². The van der Waals surface area contributed by atoms with Crippen molar-refractivity contribution in [2.24, 2.45) is 0 Å². The summed E-state index contributed by atoms with van der Waals surface area (Å²) in [5.41, 5.74) is 1.32. The minimum atomic E-state index is -0.679. The van der Waals surface area contributed by atoms with Crippen LogP contribution in [0.15, 0.2) is 24.3 Å². The van der Waals surface area contributed by atoms with Crippen LogP contribution in [0.5, 0.6) is 0 Å². The van der Waals surface area contributed by atoms with Gasteiger partial charge in [-0.05, 0) is 24.1 Å². The Morgan fingerprint density at radius 1 is 1.50 bits per heavy atom. The predicted molar refractivity (Wildman–Crippen MR) is 64.3 cm³/mol. The number of nitrogens with zero attached hydrogens (tertiary/aromatic N) is 1. The quantitative estimate of drug-likeness (QED) is 0.632. The van der Waals surface area contributed by atoms with Crippen molar-refractivity contribution in [2.45, 2.75) is 17.7 Å². The van der Waals surface area contributed by atoms with Crippen LogP contribution in [0.2, 0.25) is 0 Å². The molecule has 0 saturated carbocycles. The first-order valence-corrected chi connectivity index (χ1v) is 5.65. The molecule has 1 unspecified atom stereocenters. The van der Waals surface area contributed by atoms with Gasteiger partial charge in [-0.3, -0.25) is 0 Å². The molecule has 16 heavy (non-hydrogen) atoms. The Morgan fingerprint density at radius 3 is 2.44 bits per heavy atom. The molecule has 0 fully saturated rings. The Labute approximate surface area is 103 Å². The maximum Gasteiger partial charge on any atom is 0.337 e. The molecule has 1 aromatic carbocycles. The Kier molecular flexibility index (Phi) is 4.08. The normalized spacial score (nSPS) is 13.6. The Bertz CT molecular complexity index is 422. The van der Waals surface area contributed by atoms with Gasteiger partial charge in [-0.2, -0.15) is 5.26 Å². The van der Waals surface area contributed by atoms with Crippen molar-refractivity contribution >= 4 is 21.9 Å². The third kappa shape index (κ3) is 2.42. The van der Waals surface area contributed by atoms with Crippen LogP contribution in [-0.4, -0.2) is 13.1 Å². The fraction of sp³-hybridized carbons (Fsp3) is 0.333. The molecule has 0 aromatic heterocycles. The van der Waals surface area contributed by atoms with E-state index in [0.29, 0.717) is 12.0 Å². The van der Waals surface area contributed by atoms with E-state index in [4.69, 9.17) is 5.26 Å². The van der Waals surface area contributed by atoms with Crippen LogP contribution in [-0.2, 0) is 9.06 Å². The maximum atomic E-state index is 11.2. The maximum absolute atomic E-state index is 11.2. The molecule has 0 amide bonds. The Balaban J connectivity index is 3.04. The zero-order chi connectivity index (χ0) is 12.2. The molecule has 0 N–H and O–H groups in total. The molecule has 84 valence electrons. The van der Waals surface area contributed by atoms with Crippen LogP contribution < -0.4 is 0 Å². The van der Waals surface area contributed by atoms with E-state index in [1.54, 1.807) is 24.3 Å². The number of hydrogen-bond donors (Lipinski definition) is 0.